The van der Waals surface area contributed by atoms with Crippen molar-refractivity contribution in [1.29, 1.82) is 0 Å². The van der Waals surface area contributed by atoms with Gasteiger partial charge in [-0.3, -0.25) is 14.5 Å². The van der Waals surface area contributed by atoms with Gasteiger partial charge in [0, 0.05) is 5.69 Å². The summed E-state index contributed by atoms with van der Waals surface area (Å²) < 4.78 is 11.8. The number of carbonyl (C=O) groups is 1. The predicted molar refractivity (Wildman–Crippen MR) is 129 cm³/mol. The van der Waals surface area contributed by atoms with Gasteiger partial charge in [0.25, 0.3) is 5.91 Å². The summed E-state index contributed by atoms with van der Waals surface area (Å²) in [5.74, 6) is 0.563. The summed E-state index contributed by atoms with van der Waals surface area (Å²) in [7, 11) is 0. The molecule has 0 saturated carbocycles. The van der Waals surface area contributed by atoms with E-state index >= 15 is 0 Å². The van der Waals surface area contributed by atoms with Gasteiger partial charge in [0.1, 0.15) is 11.3 Å². The van der Waals surface area contributed by atoms with Crippen LogP contribution in [0.1, 0.15) is 53.9 Å². The molecular formula is C28H25NO4. The molecule has 0 fully saturated rings. The molecule has 0 aliphatic carbocycles. The van der Waals surface area contributed by atoms with Crippen molar-refractivity contribution in [1.82, 2.24) is 0 Å². The van der Waals surface area contributed by atoms with E-state index in [1.165, 1.54) is 0 Å². The van der Waals surface area contributed by atoms with E-state index in [4.69, 9.17) is 9.15 Å². The predicted octanol–water partition coefficient (Wildman–Crippen LogP) is 6.11. The summed E-state index contributed by atoms with van der Waals surface area (Å²) >= 11 is 0. The van der Waals surface area contributed by atoms with Crippen LogP contribution in [0.3, 0.4) is 0 Å². The lowest BCUT2D eigenvalue weighted by molar-refractivity contribution is 0.0971. The molecule has 5 heteroatoms. The maximum absolute atomic E-state index is 13.5. The van der Waals surface area contributed by atoms with Crippen LogP contribution in [0.5, 0.6) is 5.75 Å². The summed E-state index contributed by atoms with van der Waals surface area (Å²) in [4.78, 5) is 28.7. The van der Waals surface area contributed by atoms with E-state index in [0.717, 1.165) is 30.6 Å². The number of carbonyl (C=O) groups excluding carboxylic acids is 1. The Balaban J connectivity index is 1.60. The normalized spacial score (nSPS) is 15.1. The third-order valence-corrected chi connectivity index (χ3v) is 6.02. The van der Waals surface area contributed by atoms with Gasteiger partial charge in [0.05, 0.1) is 23.6 Å². The van der Waals surface area contributed by atoms with Gasteiger partial charge in [0.15, 0.2) is 5.43 Å². The first-order chi connectivity index (χ1) is 16.2. The van der Waals surface area contributed by atoms with E-state index in [2.05, 4.69) is 6.92 Å². The van der Waals surface area contributed by atoms with Gasteiger partial charge in [-0.15, -0.1) is 0 Å². The van der Waals surface area contributed by atoms with Crippen molar-refractivity contribution in [2.45, 2.75) is 32.2 Å². The molecule has 0 spiro atoms. The van der Waals surface area contributed by atoms with Gasteiger partial charge in [-0.25, -0.2) is 0 Å². The Labute approximate surface area is 192 Å². The molecule has 2 heterocycles. The number of ether oxygens (including phenoxy) is 1. The molecular weight excluding hydrogens is 414 g/mol. The highest BCUT2D eigenvalue weighted by atomic mass is 16.5. The zero-order valence-electron chi connectivity index (χ0n) is 18.5. The first kappa shape index (κ1) is 21.0. The van der Waals surface area contributed by atoms with Crippen molar-refractivity contribution in [2.24, 2.45) is 0 Å². The van der Waals surface area contributed by atoms with E-state index in [9.17, 15) is 9.59 Å². The van der Waals surface area contributed by atoms with Crippen LogP contribution >= 0.6 is 0 Å². The molecule has 1 aliphatic rings. The molecule has 1 amide bonds. The highest BCUT2D eigenvalue weighted by Gasteiger charge is 2.43. The zero-order chi connectivity index (χ0) is 22.8. The summed E-state index contributed by atoms with van der Waals surface area (Å²) in [5.41, 5.74) is 2.15. The smallest absolute Gasteiger partial charge is 0.295 e. The van der Waals surface area contributed by atoms with Gasteiger partial charge < -0.3 is 9.15 Å². The Morgan fingerprint density at radius 2 is 1.61 bits per heavy atom. The van der Waals surface area contributed by atoms with Gasteiger partial charge >= 0.3 is 0 Å². The molecule has 0 radical (unpaired) electrons. The van der Waals surface area contributed by atoms with Crippen LogP contribution in [0, 0.1) is 0 Å². The molecule has 5 rings (SSSR count). The number of hydrogen-bond acceptors (Lipinski definition) is 4. The molecule has 1 atom stereocenters. The van der Waals surface area contributed by atoms with Gasteiger partial charge in [0.2, 0.25) is 5.76 Å². The third kappa shape index (κ3) is 3.80. The second kappa shape index (κ2) is 8.94. The average molecular weight is 440 g/mol. The Bertz CT molecular complexity index is 1340. The Morgan fingerprint density at radius 1 is 0.879 bits per heavy atom. The monoisotopic (exact) mass is 439 g/mol. The van der Waals surface area contributed by atoms with Crippen LogP contribution in [-0.2, 0) is 0 Å². The first-order valence-corrected chi connectivity index (χ1v) is 11.4. The quantitative estimate of drug-likeness (QED) is 0.326. The fourth-order valence-corrected chi connectivity index (χ4v) is 4.38. The largest absolute Gasteiger partial charge is 0.494 e. The van der Waals surface area contributed by atoms with Crippen LogP contribution in [0.15, 0.2) is 88.1 Å². The number of nitrogens with zero attached hydrogens (tertiary/aromatic N) is 1. The molecule has 1 aromatic heterocycles. The van der Waals surface area contributed by atoms with Crippen molar-refractivity contribution in [3.8, 4) is 5.75 Å². The Kier molecular flexibility index (Phi) is 5.69. The molecule has 1 unspecified atom stereocenters. The number of benzene rings is 3. The Hall–Kier alpha value is -3.86. The summed E-state index contributed by atoms with van der Waals surface area (Å²) in [5, 5.41) is 0.472. The molecule has 0 saturated heterocycles. The second-order valence-corrected chi connectivity index (χ2v) is 8.21. The lowest BCUT2D eigenvalue weighted by Gasteiger charge is -2.25. The standard InChI is InChI=1S/C28H25NO4/c1-2-3-9-18-32-21-16-14-19(15-17-21)25-24-26(30)22-12-7-8-13-23(22)33-27(24)28(31)29(25)20-10-5-4-6-11-20/h4-8,10-17,25H,2-3,9,18H2,1H3. The van der Waals surface area contributed by atoms with Gasteiger partial charge in [-0.1, -0.05) is 62.2 Å². The Morgan fingerprint density at radius 3 is 2.36 bits per heavy atom. The topological polar surface area (TPSA) is 59.8 Å². The van der Waals surface area contributed by atoms with Gasteiger partial charge in [-0.05, 0) is 48.4 Å². The van der Waals surface area contributed by atoms with E-state index < -0.39 is 6.04 Å². The maximum Gasteiger partial charge on any atom is 0.295 e. The molecule has 0 N–H and O–H groups in total. The average Bonchev–Trinajstić information content (AvgIpc) is 3.15. The molecule has 5 nitrogen and oxygen atoms in total. The number of amides is 1. The number of anilines is 1. The van der Waals surface area contributed by atoms with Crippen LogP contribution in [0.25, 0.3) is 11.0 Å². The first-order valence-electron chi connectivity index (χ1n) is 11.4. The summed E-state index contributed by atoms with van der Waals surface area (Å²) in [6.07, 6.45) is 3.29. The number of unbranched alkanes of at least 4 members (excludes halogenated alkanes) is 2. The summed E-state index contributed by atoms with van der Waals surface area (Å²) in [6.45, 7) is 2.83. The van der Waals surface area contributed by atoms with Crippen molar-refractivity contribution in [3.05, 3.63) is 106 Å². The second-order valence-electron chi connectivity index (χ2n) is 8.21. The molecule has 3 aromatic carbocycles. The number of hydrogen-bond donors (Lipinski definition) is 0. The molecule has 1 aliphatic heterocycles. The number of rotatable bonds is 7. The highest BCUT2D eigenvalue weighted by molar-refractivity contribution is 6.10. The van der Waals surface area contributed by atoms with Crippen LogP contribution in [0.2, 0.25) is 0 Å². The minimum absolute atomic E-state index is 0.104. The number of fused-ring (bicyclic) bond motifs is 2. The molecule has 166 valence electrons. The minimum Gasteiger partial charge on any atom is -0.494 e. The molecule has 33 heavy (non-hydrogen) atoms. The van der Waals surface area contributed by atoms with Crippen molar-refractivity contribution in [3.63, 3.8) is 0 Å². The molecule has 4 aromatic rings. The minimum atomic E-state index is -0.579. The fraction of sp³-hybridized carbons (Fsp3) is 0.214. The SMILES string of the molecule is CCCCCOc1ccc(C2c3c(oc4ccccc4c3=O)C(=O)N2c2ccccc2)cc1. The van der Waals surface area contributed by atoms with E-state index in [1.807, 2.05) is 54.6 Å². The lowest BCUT2D eigenvalue weighted by Crippen LogP contribution is -2.29. The summed E-state index contributed by atoms with van der Waals surface area (Å²) in [6, 6.07) is 23.5. The van der Waals surface area contributed by atoms with E-state index in [0.29, 0.717) is 28.8 Å². The maximum atomic E-state index is 13.5. The zero-order valence-corrected chi connectivity index (χ0v) is 18.5. The van der Waals surface area contributed by atoms with Crippen molar-refractivity contribution >= 4 is 22.6 Å². The number of para-hydroxylation sites is 2. The van der Waals surface area contributed by atoms with Crippen LogP contribution < -0.4 is 15.1 Å². The van der Waals surface area contributed by atoms with E-state index in [1.54, 1.807) is 29.2 Å². The van der Waals surface area contributed by atoms with E-state index in [-0.39, 0.29) is 17.1 Å². The lowest BCUT2D eigenvalue weighted by atomic mass is 9.98. The van der Waals surface area contributed by atoms with Crippen LogP contribution in [0.4, 0.5) is 5.69 Å². The van der Waals surface area contributed by atoms with Gasteiger partial charge in [-0.2, -0.15) is 0 Å². The van der Waals surface area contributed by atoms with Crippen molar-refractivity contribution < 1.29 is 13.9 Å². The fourth-order valence-electron chi connectivity index (χ4n) is 4.38. The third-order valence-electron chi connectivity index (χ3n) is 6.02. The molecule has 0 bridgehead atoms. The van der Waals surface area contributed by atoms with Crippen molar-refractivity contribution in [2.75, 3.05) is 11.5 Å². The van der Waals surface area contributed by atoms with Crippen LogP contribution in [-0.4, -0.2) is 12.5 Å². The highest BCUT2D eigenvalue weighted by Crippen LogP contribution is 2.41.